The third kappa shape index (κ3) is 2.61. The lowest BCUT2D eigenvalue weighted by molar-refractivity contribution is 0.681. The molecule has 0 bridgehead atoms. The van der Waals surface area contributed by atoms with Crippen LogP contribution in [0.1, 0.15) is 19.8 Å². The zero-order valence-electron chi connectivity index (χ0n) is 14.1. The summed E-state index contributed by atoms with van der Waals surface area (Å²) in [6, 6.07) is 12.9. The van der Waals surface area contributed by atoms with E-state index in [0.717, 1.165) is 33.5 Å². The minimum absolute atomic E-state index is 0.431. The molecule has 0 saturated heterocycles. The first-order valence-electron chi connectivity index (χ1n) is 8.74. The van der Waals surface area contributed by atoms with Crippen molar-refractivity contribution in [1.82, 2.24) is 19.6 Å². The maximum Gasteiger partial charge on any atom is 0.241 e. The quantitative estimate of drug-likeness (QED) is 0.611. The molecule has 1 saturated carbocycles. The summed E-state index contributed by atoms with van der Waals surface area (Å²) >= 11 is 0. The van der Waals surface area contributed by atoms with Crippen molar-refractivity contribution in [2.24, 2.45) is 5.92 Å². The predicted octanol–water partition coefficient (Wildman–Crippen LogP) is 4.15. The fourth-order valence-electron chi connectivity index (χ4n) is 3.37. The molecule has 0 unspecified atom stereocenters. The molecule has 5 rings (SSSR count). The molecule has 0 amide bonds. The first kappa shape index (κ1) is 14.4. The summed E-state index contributed by atoms with van der Waals surface area (Å²) < 4.78 is 1.90. The van der Waals surface area contributed by atoms with Crippen molar-refractivity contribution in [1.29, 1.82) is 0 Å². The Bertz CT molecular complexity index is 1060. The third-order valence-corrected chi connectivity index (χ3v) is 5.02. The van der Waals surface area contributed by atoms with Crippen LogP contribution in [0.2, 0.25) is 0 Å². The van der Waals surface area contributed by atoms with Crippen LogP contribution in [0.4, 0.5) is 5.95 Å². The zero-order chi connectivity index (χ0) is 16.8. The number of anilines is 1. The van der Waals surface area contributed by atoms with E-state index >= 15 is 0 Å². The lowest BCUT2D eigenvalue weighted by Gasteiger charge is -2.12. The molecular formula is C20H19N5. The van der Waals surface area contributed by atoms with Gasteiger partial charge in [0.15, 0.2) is 0 Å². The van der Waals surface area contributed by atoms with Gasteiger partial charge in [-0.2, -0.15) is 0 Å². The molecular weight excluding hydrogens is 310 g/mol. The summed E-state index contributed by atoms with van der Waals surface area (Å²) in [6.45, 7) is 2.20. The number of nitrogens with one attached hydrogen (secondary N) is 1. The fourth-order valence-corrected chi connectivity index (χ4v) is 3.37. The number of pyridine rings is 1. The highest BCUT2D eigenvalue weighted by Crippen LogP contribution is 2.33. The van der Waals surface area contributed by atoms with Crippen LogP contribution in [-0.2, 0) is 0 Å². The highest BCUT2D eigenvalue weighted by molar-refractivity contribution is 5.88. The molecule has 4 aromatic rings. The number of benzene rings is 1. The van der Waals surface area contributed by atoms with Gasteiger partial charge in [0.2, 0.25) is 5.95 Å². The molecule has 3 aromatic heterocycles. The highest BCUT2D eigenvalue weighted by Gasteiger charge is 2.28. The summed E-state index contributed by atoms with van der Waals surface area (Å²) in [5.74, 6) is 1.46. The van der Waals surface area contributed by atoms with E-state index in [2.05, 4.69) is 57.6 Å². The van der Waals surface area contributed by atoms with Crippen LogP contribution in [0.5, 0.6) is 0 Å². The van der Waals surface area contributed by atoms with Crippen molar-refractivity contribution < 1.29 is 0 Å². The van der Waals surface area contributed by atoms with Crippen LogP contribution in [0.25, 0.3) is 27.5 Å². The number of hydrogen-bond donors (Lipinski definition) is 1. The van der Waals surface area contributed by atoms with E-state index in [0.29, 0.717) is 12.0 Å². The highest BCUT2D eigenvalue weighted by atomic mass is 15.3. The summed E-state index contributed by atoms with van der Waals surface area (Å²) in [5, 5.41) is 9.17. The van der Waals surface area contributed by atoms with Crippen LogP contribution in [-0.4, -0.2) is 25.6 Å². The monoisotopic (exact) mass is 329 g/mol. The maximum absolute atomic E-state index is 4.62. The molecule has 0 radical (unpaired) electrons. The zero-order valence-corrected chi connectivity index (χ0v) is 14.1. The van der Waals surface area contributed by atoms with E-state index in [1.807, 2.05) is 29.2 Å². The van der Waals surface area contributed by atoms with Crippen molar-refractivity contribution in [2.45, 2.75) is 25.8 Å². The fraction of sp³-hybridized carbons (Fsp3) is 0.250. The number of hydrogen-bond acceptors (Lipinski definition) is 4. The van der Waals surface area contributed by atoms with Gasteiger partial charge in [-0.15, -0.1) is 5.10 Å². The number of nitrogens with zero attached hydrogens (tertiary/aromatic N) is 4. The summed E-state index contributed by atoms with van der Waals surface area (Å²) in [4.78, 5) is 8.91. The van der Waals surface area contributed by atoms with E-state index in [1.54, 1.807) is 0 Å². The van der Waals surface area contributed by atoms with E-state index < -0.39 is 0 Å². The molecule has 1 aliphatic rings. The minimum atomic E-state index is 0.431. The SMILES string of the molecule is C[C@H](Nc1ncc2c(-c3ccc4ncccc4c3)ccn2n1)C1CC1. The standard InChI is InChI=1S/C20H19N5/c1-13(14-4-5-14)23-20-22-12-19-17(8-10-25(19)24-20)15-6-7-18-16(11-15)3-2-9-21-18/h2-3,6-14H,4-5H2,1H3,(H,23,24)/t13-/m0/s1. The van der Waals surface area contributed by atoms with E-state index in [-0.39, 0.29) is 0 Å². The van der Waals surface area contributed by atoms with E-state index in [4.69, 9.17) is 0 Å². The van der Waals surface area contributed by atoms with Crippen molar-refractivity contribution in [3.8, 4) is 11.1 Å². The van der Waals surface area contributed by atoms with Gasteiger partial charge in [0, 0.05) is 29.4 Å². The molecule has 0 spiro atoms. The second-order valence-corrected chi connectivity index (χ2v) is 6.82. The molecule has 1 N–H and O–H groups in total. The Kier molecular flexibility index (Phi) is 3.20. The topological polar surface area (TPSA) is 55.1 Å². The van der Waals surface area contributed by atoms with Gasteiger partial charge in [-0.05, 0) is 55.5 Å². The number of fused-ring (bicyclic) bond motifs is 2. The minimum Gasteiger partial charge on any atom is -0.350 e. The van der Waals surface area contributed by atoms with Gasteiger partial charge in [-0.25, -0.2) is 9.50 Å². The molecule has 5 heteroatoms. The Labute approximate surface area is 145 Å². The van der Waals surface area contributed by atoms with Gasteiger partial charge in [-0.3, -0.25) is 4.98 Å². The van der Waals surface area contributed by atoms with Gasteiger partial charge in [0.05, 0.1) is 17.2 Å². The van der Waals surface area contributed by atoms with Gasteiger partial charge >= 0.3 is 0 Å². The second-order valence-electron chi connectivity index (χ2n) is 6.82. The number of aromatic nitrogens is 4. The van der Waals surface area contributed by atoms with Crippen molar-refractivity contribution in [3.63, 3.8) is 0 Å². The average molecular weight is 329 g/mol. The average Bonchev–Trinajstić information content (AvgIpc) is 3.41. The van der Waals surface area contributed by atoms with E-state index in [1.165, 1.54) is 12.8 Å². The van der Waals surface area contributed by atoms with Crippen LogP contribution >= 0.6 is 0 Å². The smallest absolute Gasteiger partial charge is 0.241 e. The number of rotatable bonds is 4. The van der Waals surface area contributed by atoms with Gasteiger partial charge in [0.25, 0.3) is 0 Å². The van der Waals surface area contributed by atoms with Crippen LogP contribution in [0, 0.1) is 5.92 Å². The normalized spacial score (nSPS) is 15.6. The Morgan fingerprint density at radius 3 is 2.96 bits per heavy atom. The molecule has 25 heavy (non-hydrogen) atoms. The van der Waals surface area contributed by atoms with Gasteiger partial charge < -0.3 is 5.32 Å². The van der Waals surface area contributed by atoms with Crippen molar-refractivity contribution in [2.75, 3.05) is 5.32 Å². The van der Waals surface area contributed by atoms with Crippen molar-refractivity contribution in [3.05, 3.63) is 55.0 Å². The summed E-state index contributed by atoms with van der Waals surface area (Å²) in [5.41, 5.74) is 4.30. The first-order chi connectivity index (χ1) is 12.3. The van der Waals surface area contributed by atoms with E-state index in [9.17, 15) is 0 Å². The summed E-state index contributed by atoms with van der Waals surface area (Å²) in [7, 11) is 0. The van der Waals surface area contributed by atoms with Gasteiger partial charge in [0.1, 0.15) is 0 Å². The molecule has 1 fully saturated rings. The molecule has 1 aromatic carbocycles. The second kappa shape index (κ2) is 5.55. The Morgan fingerprint density at radius 1 is 1.16 bits per heavy atom. The maximum atomic E-state index is 4.62. The molecule has 1 aliphatic carbocycles. The van der Waals surface area contributed by atoms with Crippen LogP contribution in [0.3, 0.4) is 0 Å². The third-order valence-electron chi connectivity index (χ3n) is 5.02. The van der Waals surface area contributed by atoms with Gasteiger partial charge in [-0.1, -0.05) is 12.1 Å². The Balaban J connectivity index is 1.52. The van der Waals surface area contributed by atoms with Crippen LogP contribution < -0.4 is 5.32 Å². The molecule has 0 aliphatic heterocycles. The molecule has 1 atom stereocenters. The molecule has 3 heterocycles. The lowest BCUT2D eigenvalue weighted by Crippen LogP contribution is -2.19. The Hall–Kier alpha value is -2.95. The molecule has 5 nitrogen and oxygen atoms in total. The Morgan fingerprint density at radius 2 is 2.08 bits per heavy atom. The summed E-state index contributed by atoms with van der Waals surface area (Å²) in [6.07, 6.45) is 8.33. The van der Waals surface area contributed by atoms with Crippen LogP contribution in [0.15, 0.2) is 55.0 Å². The first-order valence-corrected chi connectivity index (χ1v) is 8.74. The lowest BCUT2D eigenvalue weighted by atomic mass is 10.0. The van der Waals surface area contributed by atoms with Crippen molar-refractivity contribution >= 4 is 22.4 Å². The predicted molar refractivity (Wildman–Crippen MR) is 99.5 cm³/mol. The molecule has 124 valence electrons. The largest absolute Gasteiger partial charge is 0.350 e.